The summed E-state index contributed by atoms with van der Waals surface area (Å²) in [5, 5.41) is 18.3. The topological polar surface area (TPSA) is 79.2 Å². The lowest BCUT2D eigenvalue weighted by atomic mass is 10.1. The Kier molecular flexibility index (Phi) is 4.46. The van der Waals surface area contributed by atoms with Crippen LogP contribution in [0.3, 0.4) is 0 Å². The summed E-state index contributed by atoms with van der Waals surface area (Å²) in [5.74, 6) is 0.817. The molecule has 0 spiro atoms. The van der Waals surface area contributed by atoms with Crippen molar-refractivity contribution in [3.8, 4) is 11.5 Å². The van der Waals surface area contributed by atoms with E-state index in [9.17, 15) is 9.90 Å². The Balaban J connectivity index is 2.49. The molecule has 0 saturated heterocycles. The average molecular weight is 281 g/mol. The van der Waals surface area contributed by atoms with Gasteiger partial charge in [0.15, 0.2) is 17.6 Å². The summed E-state index contributed by atoms with van der Waals surface area (Å²) in [7, 11) is 1.51. The fourth-order valence-corrected chi connectivity index (χ4v) is 2.23. The molecule has 1 unspecified atom stereocenters. The number of hydrogen-bond acceptors (Lipinski definition) is 5. The average Bonchev–Trinajstić information content (AvgIpc) is 2.47. The molecule has 0 bridgehead atoms. The van der Waals surface area contributed by atoms with Crippen LogP contribution in [0.4, 0.5) is 5.69 Å². The van der Waals surface area contributed by atoms with Crippen LogP contribution in [0.5, 0.6) is 11.5 Å². The summed E-state index contributed by atoms with van der Waals surface area (Å²) in [5.41, 5.74) is 1.21. The summed E-state index contributed by atoms with van der Waals surface area (Å²) >= 11 is 0. The Morgan fingerprint density at radius 1 is 1.40 bits per heavy atom. The number of methoxy groups -OCH3 is 1. The molecule has 0 saturated carbocycles. The van der Waals surface area contributed by atoms with Crippen LogP contribution in [0.1, 0.15) is 18.9 Å². The van der Waals surface area contributed by atoms with Crippen molar-refractivity contribution in [2.24, 2.45) is 0 Å². The molecule has 2 rings (SSSR count). The standard InChI is InChI=1S/C14H19NO5/c1-9-14(18)15(4-3-5-16)11-6-10(8-17)7-12(19-2)13(11)20-9/h6-7,9,16-17H,3-5,8H2,1-2H3. The molecule has 0 radical (unpaired) electrons. The minimum atomic E-state index is -0.602. The zero-order valence-electron chi connectivity index (χ0n) is 11.6. The second-order valence-electron chi connectivity index (χ2n) is 4.63. The van der Waals surface area contributed by atoms with Crippen LogP contribution in [0, 0.1) is 0 Å². The quantitative estimate of drug-likeness (QED) is 0.830. The van der Waals surface area contributed by atoms with Crippen molar-refractivity contribution >= 4 is 11.6 Å². The maximum Gasteiger partial charge on any atom is 0.267 e. The number of fused-ring (bicyclic) bond motifs is 1. The third kappa shape index (κ3) is 2.57. The summed E-state index contributed by atoms with van der Waals surface area (Å²) in [4.78, 5) is 13.8. The Labute approximate surface area is 117 Å². The normalized spacial score (nSPS) is 17.7. The van der Waals surface area contributed by atoms with E-state index in [1.54, 1.807) is 24.0 Å². The van der Waals surface area contributed by atoms with Crippen molar-refractivity contribution in [3.05, 3.63) is 17.7 Å². The molecule has 1 aliphatic rings. The van der Waals surface area contributed by atoms with E-state index in [1.165, 1.54) is 7.11 Å². The zero-order chi connectivity index (χ0) is 14.7. The molecule has 6 heteroatoms. The van der Waals surface area contributed by atoms with Crippen LogP contribution >= 0.6 is 0 Å². The maximum atomic E-state index is 12.2. The molecule has 1 amide bonds. The number of aliphatic hydroxyl groups excluding tert-OH is 2. The molecule has 20 heavy (non-hydrogen) atoms. The van der Waals surface area contributed by atoms with Crippen molar-refractivity contribution in [1.29, 1.82) is 0 Å². The van der Waals surface area contributed by atoms with E-state index in [-0.39, 0.29) is 19.1 Å². The smallest absolute Gasteiger partial charge is 0.267 e. The minimum Gasteiger partial charge on any atom is -0.493 e. The van der Waals surface area contributed by atoms with Gasteiger partial charge in [-0.2, -0.15) is 0 Å². The highest BCUT2D eigenvalue weighted by Crippen LogP contribution is 2.42. The first-order valence-electron chi connectivity index (χ1n) is 6.53. The summed E-state index contributed by atoms with van der Waals surface area (Å²) in [6.07, 6.45) is -0.126. The van der Waals surface area contributed by atoms with Crippen molar-refractivity contribution in [3.63, 3.8) is 0 Å². The third-order valence-electron chi connectivity index (χ3n) is 3.24. The van der Waals surface area contributed by atoms with Gasteiger partial charge in [0, 0.05) is 13.2 Å². The highest BCUT2D eigenvalue weighted by molar-refractivity contribution is 6.00. The molecule has 0 aliphatic carbocycles. The Bertz CT molecular complexity index is 503. The first-order chi connectivity index (χ1) is 9.62. The highest BCUT2D eigenvalue weighted by atomic mass is 16.5. The van der Waals surface area contributed by atoms with Gasteiger partial charge in [-0.3, -0.25) is 4.79 Å². The molecule has 0 fully saturated rings. The van der Waals surface area contributed by atoms with E-state index in [0.29, 0.717) is 35.7 Å². The van der Waals surface area contributed by atoms with Gasteiger partial charge in [0.05, 0.1) is 19.4 Å². The van der Waals surface area contributed by atoms with E-state index >= 15 is 0 Å². The summed E-state index contributed by atoms with van der Waals surface area (Å²) in [6.45, 7) is 1.93. The minimum absolute atomic E-state index is 0.00514. The Morgan fingerprint density at radius 3 is 2.75 bits per heavy atom. The zero-order valence-corrected chi connectivity index (χ0v) is 11.6. The number of ether oxygens (including phenoxy) is 2. The number of aliphatic hydroxyl groups is 2. The fraction of sp³-hybridized carbons (Fsp3) is 0.500. The lowest BCUT2D eigenvalue weighted by Crippen LogP contribution is -2.45. The second kappa shape index (κ2) is 6.11. The largest absolute Gasteiger partial charge is 0.493 e. The molecule has 1 aromatic carbocycles. The van der Waals surface area contributed by atoms with Crippen LogP contribution in [-0.4, -0.2) is 42.5 Å². The van der Waals surface area contributed by atoms with E-state index in [1.807, 2.05) is 0 Å². The monoisotopic (exact) mass is 281 g/mol. The third-order valence-corrected chi connectivity index (χ3v) is 3.24. The van der Waals surface area contributed by atoms with Gasteiger partial charge in [-0.25, -0.2) is 0 Å². The molecule has 0 aromatic heterocycles. The van der Waals surface area contributed by atoms with E-state index < -0.39 is 6.10 Å². The van der Waals surface area contributed by atoms with Crippen LogP contribution in [-0.2, 0) is 11.4 Å². The van der Waals surface area contributed by atoms with Crippen molar-refractivity contribution < 1.29 is 24.5 Å². The molecule has 6 nitrogen and oxygen atoms in total. The van der Waals surface area contributed by atoms with Crippen LogP contribution in [0.2, 0.25) is 0 Å². The highest BCUT2D eigenvalue weighted by Gasteiger charge is 2.33. The van der Waals surface area contributed by atoms with Gasteiger partial charge in [-0.05, 0) is 31.0 Å². The predicted molar refractivity (Wildman–Crippen MR) is 73.1 cm³/mol. The van der Waals surface area contributed by atoms with Gasteiger partial charge in [-0.15, -0.1) is 0 Å². The van der Waals surface area contributed by atoms with Crippen LogP contribution in [0.15, 0.2) is 12.1 Å². The molecular formula is C14H19NO5. The summed E-state index contributed by atoms with van der Waals surface area (Å²) in [6, 6.07) is 3.39. The lowest BCUT2D eigenvalue weighted by molar-refractivity contribution is -0.125. The van der Waals surface area contributed by atoms with Gasteiger partial charge < -0.3 is 24.6 Å². The predicted octanol–water partition coefficient (Wildman–Crippen LogP) is 0.684. The van der Waals surface area contributed by atoms with E-state index in [4.69, 9.17) is 14.6 Å². The van der Waals surface area contributed by atoms with Crippen LogP contribution in [0.25, 0.3) is 0 Å². The van der Waals surface area contributed by atoms with Crippen molar-refractivity contribution in [2.45, 2.75) is 26.1 Å². The first-order valence-corrected chi connectivity index (χ1v) is 6.53. The fourth-order valence-electron chi connectivity index (χ4n) is 2.23. The number of carbonyl (C=O) groups is 1. The maximum absolute atomic E-state index is 12.2. The van der Waals surface area contributed by atoms with E-state index in [0.717, 1.165) is 0 Å². The number of benzene rings is 1. The number of hydrogen-bond donors (Lipinski definition) is 2. The number of rotatable bonds is 5. The van der Waals surface area contributed by atoms with Gasteiger partial charge >= 0.3 is 0 Å². The van der Waals surface area contributed by atoms with Crippen LogP contribution < -0.4 is 14.4 Å². The number of amides is 1. The number of anilines is 1. The number of carbonyl (C=O) groups excluding carboxylic acids is 1. The number of nitrogens with zero attached hydrogens (tertiary/aromatic N) is 1. The molecular weight excluding hydrogens is 262 g/mol. The molecule has 2 N–H and O–H groups in total. The Morgan fingerprint density at radius 2 is 2.15 bits per heavy atom. The first kappa shape index (κ1) is 14.6. The summed E-state index contributed by atoms with van der Waals surface area (Å²) < 4.78 is 10.9. The van der Waals surface area contributed by atoms with Gasteiger partial charge in [0.2, 0.25) is 0 Å². The van der Waals surface area contributed by atoms with Gasteiger partial charge in [0.25, 0.3) is 5.91 Å². The SMILES string of the molecule is COc1cc(CO)cc2c1OC(C)C(=O)N2CCCO. The van der Waals surface area contributed by atoms with Gasteiger partial charge in [0.1, 0.15) is 0 Å². The Hall–Kier alpha value is -1.79. The second-order valence-corrected chi connectivity index (χ2v) is 4.63. The molecule has 110 valence electrons. The molecule has 1 atom stereocenters. The molecule has 1 aromatic rings. The van der Waals surface area contributed by atoms with Crippen molar-refractivity contribution in [1.82, 2.24) is 0 Å². The molecule has 1 heterocycles. The van der Waals surface area contributed by atoms with Gasteiger partial charge in [-0.1, -0.05) is 0 Å². The lowest BCUT2D eigenvalue weighted by Gasteiger charge is -2.34. The van der Waals surface area contributed by atoms with E-state index in [2.05, 4.69) is 0 Å². The molecule has 1 aliphatic heterocycles. The van der Waals surface area contributed by atoms with Crippen molar-refractivity contribution in [2.75, 3.05) is 25.2 Å².